The lowest BCUT2D eigenvalue weighted by Gasteiger charge is -2.29. The summed E-state index contributed by atoms with van der Waals surface area (Å²) in [5.41, 5.74) is 5.73. The average Bonchev–Trinajstić information content (AvgIpc) is 2.24. The maximum Gasteiger partial charge on any atom is 0.0823 e. The zero-order valence-corrected chi connectivity index (χ0v) is 12.3. The van der Waals surface area contributed by atoms with Crippen LogP contribution in [0.5, 0.6) is 0 Å². The topological polar surface area (TPSA) is 41.7 Å². The zero-order valence-electron chi connectivity index (χ0n) is 12.3. The van der Waals surface area contributed by atoms with Gasteiger partial charge in [0.1, 0.15) is 0 Å². The van der Waals surface area contributed by atoms with Gasteiger partial charge in [0.05, 0.1) is 6.10 Å². The number of hydrogen-bond donors (Lipinski definition) is 1. The van der Waals surface area contributed by atoms with Crippen LogP contribution in [-0.4, -0.2) is 69.3 Å². The first-order valence-corrected chi connectivity index (χ1v) is 6.68. The van der Waals surface area contributed by atoms with Crippen LogP contribution in [0.1, 0.15) is 20.8 Å². The maximum atomic E-state index is 5.73. The van der Waals surface area contributed by atoms with E-state index in [9.17, 15) is 0 Å². The van der Waals surface area contributed by atoms with Gasteiger partial charge in [0.2, 0.25) is 0 Å². The lowest BCUT2D eigenvalue weighted by Crippen LogP contribution is -2.42. The van der Waals surface area contributed by atoms with Crippen LogP contribution >= 0.6 is 0 Å². The molecule has 0 aromatic heterocycles. The van der Waals surface area contributed by atoms with Gasteiger partial charge in [-0.15, -0.1) is 0 Å². The molecule has 1 unspecified atom stereocenters. The van der Waals surface area contributed by atoms with Crippen molar-refractivity contribution >= 4 is 0 Å². The van der Waals surface area contributed by atoms with Crippen molar-refractivity contribution in [3.05, 3.63) is 0 Å². The fourth-order valence-electron chi connectivity index (χ4n) is 1.83. The molecule has 0 amide bonds. The predicted octanol–water partition coefficient (Wildman–Crippen LogP) is 0.870. The molecule has 0 spiro atoms. The lowest BCUT2D eigenvalue weighted by atomic mass is 10.2. The van der Waals surface area contributed by atoms with E-state index in [4.69, 9.17) is 10.5 Å². The van der Waals surface area contributed by atoms with Gasteiger partial charge in [-0.25, -0.2) is 0 Å². The van der Waals surface area contributed by atoms with Gasteiger partial charge in [0.15, 0.2) is 0 Å². The van der Waals surface area contributed by atoms with Gasteiger partial charge in [0.25, 0.3) is 0 Å². The molecule has 0 aromatic carbocycles. The number of nitrogens with two attached hydrogens (primary N) is 1. The summed E-state index contributed by atoms with van der Waals surface area (Å²) in [5.74, 6) is 0.678. The van der Waals surface area contributed by atoms with E-state index < -0.39 is 0 Å². The van der Waals surface area contributed by atoms with Crippen molar-refractivity contribution in [2.24, 2.45) is 11.7 Å². The molecule has 0 bridgehead atoms. The molecule has 0 fully saturated rings. The molecule has 0 rings (SSSR count). The Morgan fingerprint density at radius 3 is 2.18 bits per heavy atom. The summed E-state index contributed by atoms with van der Waals surface area (Å²) in [4.78, 5) is 4.67. The van der Waals surface area contributed by atoms with Crippen LogP contribution in [0.2, 0.25) is 0 Å². The molecule has 0 saturated heterocycles. The first-order valence-electron chi connectivity index (χ1n) is 6.68. The molecular formula is C13H31N3O. The second-order valence-corrected chi connectivity index (χ2v) is 5.27. The molecule has 1 atom stereocenters. The van der Waals surface area contributed by atoms with E-state index in [0.717, 1.165) is 32.8 Å². The van der Waals surface area contributed by atoms with Gasteiger partial charge >= 0.3 is 0 Å². The molecule has 0 radical (unpaired) electrons. The molecule has 4 heteroatoms. The molecule has 17 heavy (non-hydrogen) atoms. The van der Waals surface area contributed by atoms with Gasteiger partial charge in [-0.2, -0.15) is 0 Å². The molecule has 0 saturated carbocycles. The zero-order chi connectivity index (χ0) is 13.3. The molecule has 2 N–H and O–H groups in total. The molecule has 0 heterocycles. The second kappa shape index (κ2) is 9.83. The second-order valence-electron chi connectivity index (χ2n) is 5.27. The van der Waals surface area contributed by atoms with E-state index in [1.807, 2.05) is 6.92 Å². The van der Waals surface area contributed by atoms with Crippen molar-refractivity contribution in [2.45, 2.75) is 26.9 Å². The normalized spacial score (nSPS) is 13.9. The van der Waals surface area contributed by atoms with Gasteiger partial charge in [-0.1, -0.05) is 13.8 Å². The van der Waals surface area contributed by atoms with Crippen LogP contribution in [0.3, 0.4) is 0 Å². The highest BCUT2D eigenvalue weighted by Crippen LogP contribution is 2.02. The summed E-state index contributed by atoms with van der Waals surface area (Å²) in [7, 11) is 4.22. The van der Waals surface area contributed by atoms with Gasteiger partial charge < -0.3 is 15.4 Å². The van der Waals surface area contributed by atoms with Crippen molar-refractivity contribution in [2.75, 3.05) is 53.4 Å². The minimum absolute atomic E-state index is 0.168. The minimum Gasteiger partial charge on any atom is -0.376 e. The summed E-state index contributed by atoms with van der Waals surface area (Å²) < 4.78 is 5.63. The highest BCUT2D eigenvalue weighted by atomic mass is 16.5. The van der Waals surface area contributed by atoms with E-state index in [1.165, 1.54) is 0 Å². The fourth-order valence-corrected chi connectivity index (χ4v) is 1.83. The van der Waals surface area contributed by atoms with Crippen molar-refractivity contribution in [3.63, 3.8) is 0 Å². The Bertz CT molecular complexity index is 174. The highest BCUT2D eigenvalue weighted by Gasteiger charge is 2.14. The Morgan fingerprint density at radius 2 is 1.76 bits per heavy atom. The molecule has 0 aliphatic carbocycles. The monoisotopic (exact) mass is 245 g/mol. The summed E-state index contributed by atoms with van der Waals surface area (Å²) in [6.07, 6.45) is 0.168. The molecule has 0 aliphatic heterocycles. The number of ether oxygens (including phenoxy) is 1. The summed E-state index contributed by atoms with van der Waals surface area (Å²) >= 11 is 0. The lowest BCUT2D eigenvalue weighted by molar-refractivity contribution is 0.0349. The van der Waals surface area contributed by atoms with Crippen LogP contribution in [-0.2, 0) is 4.74 Å². The number of rotatable bonds is 10. The van der Waals surface area contributed by atoms with E-state index in [-0.39, 0.29) is 6.10 Å². The van der Waals surface area contributed by atoms with Crippen molar-refractivity contribution < 1.29 is 4.74 Å². The van der Waals surface area contributed by atoms with Gasteiger partial charge in [0, 0.05) is 39.3 Å². The summed E-state index contributed by atoms with van der Waals surface area (Å²) in [6, 6.07) is 0. The average molecular weight is 245 g/mol. The summed E-state index contributed by atoms with van der Waals surface area (Å²) in [6.45, 7) is 12.1. The fraction of sp³-hybridized carbons (Fsp3) is 1.00. The third kappa shape index (κ3) is 9.53. The van der Waals surface area contributed by atoms with E-state index in [2.05, 4.69) is 37.7 Å². The van der Waals surface area contributed by atoms with Crippen LogP contribution < -0.4 is 5.73 Å². The van der Waals surface area contributed by atoms with E-state index in [1.54, 1.807) is 0 Å². The predicted molar refractivity (Wildman–Crippen MR) is 74.3 cm³/mol. The number of hydrogen-bond acceptors (Lipinski definition) is 4. The Kier molecular flexibility index (Phi) is 9.74. The van der Waals surface area contributed by atoms with Gasteiger partial charge in [-0.05, 0) is 26.9 Å². The molecule has 0 aromatic rings. The maximum absolute atomic E-state index is 5.73. The first-order chi connectivity index (χ1) is 7.99. The largest absolute Gasteiger partial charge is 0.376 e. The van der Waals surface area contributed by atoms with Crippen LogP contribution in [0.15, 0.2) is 0 Å². The smallest absolute Gasteiger partial charge is 0.0823 e. The van der Waals surface area contributed by atoms with Crippen molar-refractivity contribution in [1.82, 2.24) is 9.80 Å². The molecule has 4 nitrogen and oxygen atoms in total. The standard InChI is InChI=1S/C13H31N3O/c1-6-17-13(9-14)11-16(10-12(2)3)8-7-15(4)5/h12-13H,6-11,14H2,1-5H3. The minimum atomic E-state index is 0.168. The quantitative estimate of drug-likeness (QED) is 0.620. The van der Waals surface area contributed by atoms with E-state index in [0.29, 0.717) is 12.5 Å². The first kappa shape index (κ1) is 16.8. The SMILES string of the molecule is CCOC(CN)CN(CCN(C)C)CC(C)C. The van der Waals surface area contributed by atoms with Crippen molar-refractivity contribution in [1.29, 1.82) is 0 Å². The van der Waals surface area contributed by atoms with E-state index >= 15 is 0 Å². The molecular weight excluding hydrogens is 214 g/mol. The van der Waals surface area contributed by atoms with Crippen molar-refractivity contribution in [3.8, 4) is 0 Å². The van der Waals surface area contributed by atoms with Gasteiger partial charge in [-0.3, -0.25) is 4.90 Å². The molecule has 0 aliphatic rings. The Morgan fingerprint density at radius 1 is 1.12 bits per heavy atom. The Hall–Kier alpha value is -0.160. The van der Waals surface area contributed by atoms with Crippen LogP contribution in [0.4, 0.5) is 0 Å². The van der Waals surface area contributed by atoms with Crippen LogP contribution in [0, 0.1) is 5.92 Å². The Balaban J connectivity index is 4.14. The number of nitrogens with zero attached hydrogens (tertiary/aromatic N) is 2. The third-order valence-electron chi connectivity index (χ3n) is 2.61. The summed E-state index contributed by atoms with van der Waals surface area (Å²) in [5, 5.41) is 0. The Labute approximate surface area is 107 Å². The number of likely N-dealkylation sites (N-methyl/N-ethyl adjacent to an activating group) is 1. The van der Waals surface area contributed by atoms with Crippen LogP contribution in [0.25, 0.3) is 0 Å². The third-order valence-corrected chi connectivity index (χ3v) is 2.61. The highest BCUT2D eigenvalue weighted by molar-refractivity contribution is 4.69. The molecule has 104 valence electrons.